The second-order valence-corrected chi connectivity index (χ2v) is 3.99. The van der Waals surface area contributed by atoms with Crippen LogP contribution in [0.15, 0.2) is 24.3 Å². The number of unbranched alkanes of at least 4 members (excludes halogenated alkanes) is 1. The summed E-state index contributed by atoms with van der Waals surface area (Å²) in [6, 6.07) is 7.19. The van der Waals surface area contributed by atoms with Crippen LogP contribution < -0.4 is 15.1 Å². The third-order valence-corrected chi connectivity index (χ3v) is 2.82. The van der Waals surface area contributed by atoms with Crippen LogP contribution in [-0.4, -0.2) is 0 Å². The number of benzene rings is 1. The van der Waals surface area contributed by atoms with Crippen LogP contribution in [0.1, 0.15) is 25.3 Å². The second kappa shape index (κ2) is 5.33. The highest BCUT2D eigenvalue weighted by atomic mass is 31.2. The Bertz CT molecular complexity index is 261. The minimum atomic E-state index is -2.43. The van der Waals surface area contributed by atoms with Gasteiger partial charge in [0.25, 0.3) is 0 Å². The minimum absolute atomic E-state index is 0.478. The van der Waals surface area contributed by atoms with Crippen LogP contribution in [0, 0.1) is 0 Å². The average molecular weight is 196 g/mol. The van der Waals surface area contributed by atoms with Gasteiger partial charge >= 0.3 is 0 Å². The maximum absolute atomic E-state index is 10.8. The Morgan fingerprint density at radius 1 is 1.23 bits per heavy atom. The third kappa shape index (κ3) is 3.07. The third-order valence-electron chi connectivity index (χ3n) is 1.99. The van der Waals surface area contributed by atoms with Gasteiger partial charge in [-0.3, -0.25) is 8.38 Å². The van der Waals surface area contributed by atoms with E-state index in [1.54, 1.807) is 12.1 Å². The van der Waals surface area contributed by atoms with Gasteiger partial charge in [0.1, 0.15) is 0 Å². The van der Waals surface area contributed by atoms with E-state index in [1.807, 2.05) is 12.1 Å². The molecular formula is C10H13O2P-2. The fourth-order valence-corrected chi connectivity index (χ4v) is 1.90. The van der Waals surface area contributed by atoms with E-state index in [0.717, 1.165) is 24.8 Å². The first-order valence-electron chi connectivity index (χ1n) is 4.48. The van der Waals surface area contributed by atoms with Crippen molar-refractivity contribution in [3.8, 4) is 0 Å². The van der Waals surface area contributed by atoms with Crippen molar-refractivity contribution >= 4 is 13.7 Å². The Kier molecular flexibility index (Phi) is 4.37. The molecule has 0 amide bonds. The van der Waals surface area contributed by atoms with Gasteiger partial charge in [0.05, 0.1) is 0 Å². The lowest BCUT2D eigenvalue weighted by Gasteiger charge is -2.33. The molecule has 0 unspecified atom stereocenters. The lowest BCUT2D eigenvalue weighted by atomic mass is 10.1. The predicted molar refractivity (Wildman–Crippen MR) is 51.6 cm³/mol. The molecule has 0 spiro atoms. The zero-order valence-electron chi connectivity index (χ0n) is 7.69. The van der Waals surface area contributed by atoms with E-state index in [9.17, 15) is 9.79 Å². The average Bonchev–Trinajstić information content (AvgIpc) is 2.15. The van der Waals surface area contributed by atoms with Crippen molar-refractivity contribution in [2.24, 2.45) is 0 Å². The Labute approximate surface area is 80.2 Å². The van der Waals surface area contributed by atoms with Gasteiger partial charge in [-0.05, 0) is 18.4 Å². The van der Waals surface area contributed by atoms with Gasteiger partial charge in [0.2, 0.25) is 0 Å². The summed E-state index contributed by atoms with van der Waals surface area (Å²) in [6.45, 7) is 2.10. The molecule has 2 nitrogen and oxygen atoms in total. The zero-order valence-corrected chi connectivity index (χ0v) is 8.59. The molecule has 0 bridgehead atoms. The van der Waals surface area contributed by atoms with Gasteiger partial charge in [0.15, 0.2) is 0 Å². The Morgan fingerprint density at radius 2 is 1.92 bits per heavy atom. The van der Waals surface area contributed by atoms with Gasteiger partial charge in [-0.25, -0.2) is 0 Å². The monoisotopic (exact) mass is 196 g/mol. The second-order valence-electron chi connectivity index (χ2n) is 2.99. The van der Waals surface area contributed by atoms with Crippen LogP contribution in [0.4, 0.5) is 0 Å². The van der Waals surface area contributed by atoms with E-state index in [1.165, 1.54) is 0 Å². The first-order chi connectivity index (χ1) is 6.25. The summed E-state index contributed by atoms with van der Waals surface area (Å²) in [4.78, 5) is 21.6. The molecule has 0 saturated heterocycles. The summed E-state index contributed by atoms with van der Waals surface area (Å²) in [7, 11) is -2.43. The lowest BCUT2D eigenvalue weighted by molar-refractivity contribution is -0.287. The Balaban J connectivity index is 2.78. The van der Waals surface area contributed by atoms with Gasteiger partial charge in [-0.2, -0.15) is 0 Å². The molecule has 13 heavy (non-hydrogen) atoms. The molecule has 0 aliphatic heterocycles. The summed E-state index contributed by atoms with van der Waals surface area (Å²) in [5.41, 5.74) is 0.945. The van der Waals surface area contributed by atoms with Crippen LogP contribution in [0.25, 0.3) is 0 Å². The van der Waals surface area contributed by atoms with Gasteiger partial charge in [0, 0.05) is 0 Å². The van der Waals surface area contributed by atoms with E-state index in [4.69, 9.17) is 0 Å². The summed E-state index contributed by atoms with van der Waals surface area (Å²) in [5.74, 6) is 0. The molecule has 1 aromatic rings. The van der Waals surface area contributed by atoms with Crippen molar-refractivity contribution in [2.75, 3.05) is 0 Å². The lowest BCUT2D eigenvalue weighted by Crippen LogP contribution is -2.22. The first kappa shape index (κ1) is 10.6. The molecule has 0 aliphatic carbocycles. The van der Waals surface area contributed by atoms with Crippen molar-refractivity contribution in [1.29, 1.82) is 0 Å². The van der Waals surface area contributed by atoms with Gasteiger partial charge in [-0.1, -0.05) is 42.9 Å². The van der Waals surface area contributed by atoms with Gasteiger partial charge < -0.3 is 9.79 Å². The maximum atomic E-state index is 10.8. The zero-order chi connectivity index (χ0) is 9.68. The van der Waals surface area contributed by atoms with Crippen molar-refractivity contribution < 1.29 is 9.79 Å². The molecule has 0 aromatic heterocycles. The van der Waals surface area contributed by atoms with Crippen molar-refractivity contribution in [3.05, 3.63) is 29.8 Å². The molecule has 1 aromatic carbocycles. The van der Waals surface area contributed by atoms with E-state index in [2.05, 4.69) is 6.92 Å². The highest BCUT2D eigenvalue weighted by molar-refractivity contribution is 7.51. The van der Waals surface area contributed by atoms with Crippen molar-refractivity contribution in [2.45, 2.75) is 26.2 Å². The van der Waals surface area contributed by atoms with E-state index in [0.29, 0.717) is 5.30 Å². The maximum Gasteiger partial charge on any atom is -0.0274 e. The fourth-order valence-electron chi connectivity index (χ4n) is 1.27. The van der Waals surface area contributed by atoms with E-state index >= 15 is 0 Å². The van der Waals surface area contributed by atoms with Gasteiger partial charge in [-0.15, -0.1) is 0 Å². The van der Waals surface area contributed by atoms with Crippen LogP contribution in [0.5, 0.6) is 0 Å². The SMILES string of the molecule is CCCCc1ccccc1P([O-])[O-]. The van der Waals surface area contributed by atoms with E-state index in [-0.39, 0.29) is 0 Å². The predicted octanol–water partition coefficient (Wildman–Crippen LogP) is 0.687. The number of hydrogen-bond donors (Lipinski definition) is 0. The Morgan fingerprint density at radius 3 is 2.54 bits per heavy atom. The molecule has 0 aliphatic rings. The molecular weight excluding hydrogens is 183 g/mol. The van der Waals surface area contributed by atoms with Crippen LogP contribution in [0.2, 0.25) is 0 Å². The summed E-state index contributed by atoms with van der Waals surface area (Å²) in [5, 5.41) is 0.478. The minimum Gasteiger partial charge on any atom is -0.838 e. The summed E-state index contributed by atoms with van der Waals surface area (Å²) in [6.07, 6.45) is 2.99. The molecule has 72 valence electrons. The number of aryl methyl sites for hydroxylation is 1. The van der Waals surface area contributed by atoms with Crippen LogP contribution in [0.3, 0.4) is 0 Å². The molecule has 0 atom stereocenters. The molecule has 0 radical (unpaired) electrons. The molecule has 0 N–H and O–H groups in total. The fraction of sp³-hybridized carbons (Fsp3) is 0.400. The number of hydrogen-bond acceptors (Lipinski definition) is 2. The first-order valence-corrected chi connectivity index (χ1v) is 5.65. The smallest absolute Gasteiger partial charge is 0.0274 e. The van der Waals surface area contributed by atoms with Crippen LogP contribution in [-0.2, 0) is 6.42 Å². The molecule has 0 fully saturated rings. The Hall–Kier alpha value is -0.430. The molecule has 1 rings (SSSR count). The summed E-state index contributed by atoms with van der Waals surface area (Å²) < 4.78 is 0. The summed E-state index contributed by atoms with van der Waals surface area (Å²) >= 11 is 0. The highest BCUT2D eigenvalue weighted by Gasteiger charge is 1.97. The molecule has 0 saturated carbocycles. The standard InChI is InChI=1S/C10H13O2P/c1-2-3-6-9-7-4-5-8-10(9)13(11)12/h4-5,7-8H,2-3,6H2,1H3/q-2. The van der Waals surface area contributed by atoms with Crippen LogP contribution >= 0.6 is 8.38 Å². The quantitative estimate of drug-likeness (QED) is 0.665. The van der Waals surface area contributed by atoms with E-state index < -0.39 is 8.38 Å². The highest BCUT2D eigenvalue weighted by Crippen LogP contribution is 2.16. The number of rotatable bonds is 4. The molecule has 0 heterocycles. The molecule has 3 heteroatoms. The van der Waals surface area contributed by atoms with Crippen molar-refractivity contribution in [3.63, 3.8) is 0 Å². The van der Waals surface area contributed by atoms with Crippen molar-refractivity contribution in [1.82, 2.24) is 0 Å². The largest absolute Gasteiger partial charge is 0.838 e. The topological polar surface area (TPSA) is 46.1 Å². The normalized spacial score (nSPS) is 10.8.